The van der Waals surface area contributed by atoms with Crippen molar-refractivity contribution in [2.45, 2.75) is 19.1 Å². The summed E-state index contributed by atoms with van der Waals surface area (Å²) in [5.41, 5.74) is 1.18. The van der Waals surface area contributed by atoms with Crippen molar-refractivity contribution >= 4 is 27.7 Å². The van der Waals surface area contributed by atoms with Gasteiger partial charge in [0, 0.05) is 28.0 Å². The molecular formula is C12H14BrNOS. The second kappa shape index (κ2) is 7.59. The third-order valence-corrected chi connectivity index (χ3v) is 3.44. The first-order valence-electron chi connectivity index (χ1n) is 5.13. The summed E-state index contributed by atoms with van der Waals surface area (Å²) < 4.78 is 6.61. The molecule has 0 atom stereocenters. The number of hydrogen-bond acceptors (Lipinski definition) is 3. The molecule has 1 aromatic rings. The van der Waals surface area contributed by atoms with Crippen molar-refractivity contribution in [1.29, 1.82) is 5.26 Å². The Morgan fingerprint density at radius 2 is 2.31 bits per heavy atom. The number of benzene rings is 1. The maximum atomic E-state index is 8.45. The van der Waals surface area contributed by atoms with E-state index in [1.54, 1.807) is 11.8 Å². The first-order chi connectivity index (χ1) is 7.77. The largest absolute Gasteiger partial charge is 0.494 e. The molecule has 0 saturated carbocycles. The number of ether oxygens (including phenoxy) is 1. The van der Waals surface area contributed by atoms with Crippen LogP contribution < -0.4 is 4.74 Å². The van der Waals surface area contributed by atoms with Gasteiger partial charge in [-0.25, -0.2) is 0 Å². The quantitative estimate of drug-likeness (QED) is 0.745. The van der Waals surface area contributed by atoms with Gasteiger partial charge in [0.05, 0.1) is 12.7 Å². The van der Waals surface area contributed by atoms with Crippen molar-refractivity contribution in [2.24, 2.45) is 0 Å². The van der Waals surface area contributed by atoms with Crippen molar-refractivity contribution in [3.63, 3.8) is 0 Å². The molecule has 0 heterocycles. The van der Waals surface area contributed by atoms with Crippen LogP contribution in [0.3, 0.4) is 0 Å². The van der Waals surface area contributed by atoms with E-state index in [2.05, 4.69) is 28.1 Å². The molecule has 0 saturated heterocycles. The van der Waals surface area contributed by atoms with Crippen LogP contribution in [0.4, 0.5) is 0 Å². The Hall–Kier alpha value is -0.660. The Balaban J connectivity index is 2.61. The van der Waals surface area contributed by atoms with Crippen LogP contribution in [-0.4, -0.2) is 12.4 Å². The summed E-state index contributed by atoms with van der Waals surface area (Å²) in [5.74, 6) is 2.69. The predicted molar refractivity (Wildman–Crippen MR) is 71.7 cm³/mol. The molecule has 0 spiro atoms. The van der Waals surface area contributed by atoms with E-state index in [0.717, 1.165) is 21.7 Å². The van der Waals surface area contributed by atoms with E-state index in [-0.39, 0.29) is 0 Å². The molecule has 0 amide bonds. The molecule has 1 aromatic carbocycles. The van der Waals surface area contributed by atoms with E-state index >= 15 is 0 Å². The molecule has 0 aliphatic heterocycles. The molecule has 1 rings (SSSR count). The number of rotatable bonds is 6. The first-order valence-corrected chi connectivity index (χ1v) is 7.08. The molecule has 0 unspecified atom stereocenters. The number of hydrogen-bond donors (Lipinski definition) is 0. The molecule has 86 valence electrons. The van der Waals surface area contributed by atoms with Crippen LogP contribution in [0.15, 0.2) is 22.7 Å². The molecule has 2 nitrogen and oxygen atoms in total. The summed E-state index contributed by atoms with van der Waals surface area (Å²) in [5, 5.41) is 8.45. The van der Waals surface area contributed by atoms with Crippen LogP contribution in [0.1, 0.15) is 18.9 Å². The van der Waals surface area contributed by atoms with E-state index < -0.39 is 0 Å². The Morgan fingerprint density at radius 3 is 3.00 bits per heavy atom. The van der Waals surface area contributed by atoms with Crippen LogP contribution in [0.2, 0.25) is 0 Å². The fraction of sp³-hybridized carbons (Fsp3) is 0.417. The minimum absolute atomic E-state index is 0.600. The Kier molecular flexibility index (Phi) is 6.36. The maximum absolute atomic E-state index is 8.45. The lowest BCUT2D eigenvalue weighted by Crippen LogP contribution is -1.96. The normalized spacial score (nSPS) is 9.81. The highest BCUT2D eigenvalue weighted by Gasteiger charge is 2.04. The minimum atomic E-state index is 0.600. The first kappa shape index (κ1) is 13.4. The summed E-state index contributed by atoms with van der Waals surface area (Å²) in [6.07, 6.45) is 0.600. The van der Waals surface area contributed by atoms with Crippen LogP contribution in [0.25, 0.3) is 0 Å². The summed E-state index contributed by atoms with van der Waals surface area (Å²) in [6.45, 7) is 2.66. The van der Waals surface area contributed by atoms with Crippen molar-refractivity contribution in [3.05, 3.63) is 28.2 Å². The zero-order chi connectivity index (χ0) is 11.8. The van der Waals surface area contributed by atoms with Crippen molar-refractivity contribution in [2.75, 3.05) is 12.4 Å². The van der Waals surface area contributed by atoms with Gasteiger partial charge in [0.15, 0.2) is 0 Å². The second-order valence-corrected chi connectivity index (χ2v) is 5.17. The minimum Gasteiger partial charge on any atom is -0.494 e. The molecule has 0 fully saturated rings. The van der Waals surface area contributed by atoms with Gasteiger partial charge in [0.25, 0.3) is 0 Å². The monoisotopic (exact) mass is 299 g/mol. The third kappa shape index (κ3) is 4.46. The van der Waals surface area contributed by atoms with Crippen molar-refractivity contribution < 1.29 is 4.74 Å². The summed E-state index contributed by atoms with van der Waals surface area (Å²) in [7, 11) is 0. The highest BCUT2D eigenvalue weighted by molar-refractivity contribution is 9.10. The molecule has 4 heteroatoms. The van der Waals surface area contributed by atoms with Gasteiger partial charge in [-0.2, -0.15) is 17.0 Å². The Morgan fingerprint density at radius 1 is 1.50 bits per heavy atom. The number of nitrogens with zero attached hydrogens (tertiary/aromatic N) is 1. The van der Waals surface area contributed by atoms with E-state index in [1.165, 1.54) is 5.56 Å². The smallest absolute Gasteiger partial charge is 0.123 e. The number of thioether (sulfide) groups is 1. The summed E-state index contributed by atoms with van der Waals surface area (Å²) >= 11 is 5.21. The van der Waals surface area contributed by atoms with Gasteiger partial charge in [-0.05, 0) is 25.1 Å². The van der Waals surface area contributed by atoms with Crippen LogP contribution in [-0.2, 0) is 5.75 Å². The molecular weight excluding hydrogens is 286 g/mol. The zero-order valence-electron chi connectivity index (χ0n) is 9.20. The average Bonchev–Trinajstić information content (AvgIpc) is 2.28. The molecule has 0 bridgehead atoms. The fourth-order valence-corrected chi connectivity index (χ4v) is 2.49. The number of halogens is 1. The lowest BCUT2D eigenvalue weighted by molar-refractivity contribution is 0.337. The van der Waals surface area contributed by atoms with Gasteiger partial charge in [-0.3, -0.25) is 0 Å². The third-order valence-electron chi connectivity index (χ3n) is 1.94. The molecule has 0 aromatic heterocycles. The lowest BCUT2D eigenvalue weighted by atomic mass is 10.2. The zero-order valence-corrected chi connectivity index (χ0v) is 11.6. The van der Waals surface area contributed by atoms with E-state index in [0.29, 0.717) is 13.0 Å². The highest BCUT2D eigenvalue weighted by Crippen LogP contribution is 2.27. The summed E-state index contributed by atoms with van der Waals surface area (Å²) in [6, 6.07) is 8.18. The standard InChI is InChI=1S/C12H14BrNOS/c1-2-15-12-5-4-11(13)8-10(12)9-16-7-3-6-14/h4-5,8H,2-3,7,9H2,1H3. The van der Waals surface area contributed by atoms with Gasteiger partial charge >= 0.3 is 0 Å². The van der Waals surface area contributed by atoms with Gasteiger partial charge in [0.2, 0.25) is 0 Å². The summed E-state index contributed by atoms with van der Waals surface area (Å²) in [4.78, 5) is 0. The fourth-order valence-electron chi connectivity index (χ4n) is 1.26. The van der Waals surface area contributed by atoms with Crippen LogP contribution in [0, 0.1) is 11.3 Å². The van der Waals surface area contributed by atoms with Crippen LogP contribution >= 0.6 is 27.7 Å². The molecule has 0 aliphatic carbocycles. The second-order valence-electron chi connectivity index (χ2n) is 3.15. The van der Waals surface area contributed by atoms with Gasteiger partial charge < -0.3 is 4.74 Å². The molecule has 0 radical (unpaired) electrons. The maximum Gasteiger partial charge on any atom is 0.123 e. The van der Waals surface area contributed by atoms with Crippen molar-refractivity contribution in [1.82, 2.24) is 0 Å². The van der Waals surface area contributed by atoms with E-state index in [4.69, 9.17) is 10.00 Å². The topological polar surface area (TPSA) is 33.0 Å². The van der Waals surface area contributed by atoms with Gasteiger partial charge in [-0.15, -0.1) is 0 Å². The predicted octanol–water partition coefficient (Wildman–Crippen LogP) is 3.99. The Bertz CT molecular complexity index is 376. The average molecular weight is 300 g/mol. The van der Waals surface area contributed by atoms with E-state index in [1.807, 2.05) is 19.1 Å². The van der Waals surface area contributed by atoms with Gasteiger partial charge in [-0.1, -0.05) is 15.9 Å². The lowest BCUT2D eigenvalue weighted by Gasteiger charge is -2.10. The molecule has 0 aliphatic rings. The molecule has 0 N–H and O–H groups in total. The van der Waals surface area contributed by atoms with Crippen molar-refractivity contribution in [3.8, 4) is 11.8 Å². The highest BCUT2D eigenvalue weighted by atomic mass is 79.9. The van der Waals surface area contributed by atoms with E-state index in [9.17, 15) is 0 Å². The Labute approximate surface area is 109 Å². The van der Waals surface area contributed by atoms with Crippen LogP contribution in [0.5, 0.6) is 5.75 Å². The number of nitriles is 1. The van der Waals surface area contributed by atoms with Gasteiger partial charge in [0.1, 0.15) is 5.75 Å². The SMILES string of the molecule is CCOc1ccc(Br)cc1CSCCC#N. The molecule has 16 heavy (non-hydrogen) atoms.